The average Bonchev–Trinajstić information content (AvgIpc) is 2.41. The second-order valence-corrected chi connectivity index (χ2v) is 5.39. The van der Waals surface area contributed by atoms with Crippen molar-refractivity contribution in [1.29, 1.82) is 0 Å². The molecule has 0 fully saturated rings. The molecule has 0 spiro atoms. The Labute approximate surface area is 124 Å². The summed E-state index contributed by atoms with van der Waals surface area (Å²) in [6.07, 6.45) is 0. The van der Waals surface area contributed by atoms with E-state index in [1.165, 1.54) is 17.8 Å². The first-order chi connectivity index (χ1) is 9.56. The van der Waals surface area contributed by atoms with Gasteiger partial charge in [0.15, 0.2) is 0 Å². The number of nitrogen functional groups attached to an aromatic ring is 1. The molecule has 2 N–H and O–H groups in total. The zero-order valence-corrected chi connectivity index (χ0v) is 11.9. The molecule has 2 rings (SSSR count). The predicted octanol–water partition coefficient (Wildman–Crippen LogP) is 4.82. The number of hydrogen-bond donors (Lipinski definition) is 1. The van der Waals surface area contributed by atoms with Crippen molar-refractivity contribution < 1.29 is 13.5 Å². The molecule has 0 heterocycles. The van der Waals surface area contributed by atoms with E-state index in [0.29, 0.717) is 22.0 Å². The molecule has 2 nitrogen and oxygen atoms in total. The van der Waals surface area contributed by atoms with Gasteiger partial charge in [-0.1, -0.05) is 29.8 Å². The lowest BCUT2D eigenvalue weighted by atomic mass is 10.2. The number of halogens is 3. The smallest absolute Gasteiger partial charge is 0.387 e. The molecule has 2 aromatic rings. The summed E-state index contributed by atoms with van der Waals surface area (Å²) in [5.74, 6) is 0.640. The molecule has 0 saturated carbocycles. The Bertz CT molecular complexity index is 595. The van der Waals surface area contributed by atoms with Crippen LogP contribution in [0, 0.1) is 0 Å². The van der Waals surface area contributed by atoms with Crippen molar-refractivity contribution in [1.82, 2.24) is 0 Å². The summed E-state index contributed by atoms with van der Waals surface area (Å²) < 4.78 is 29.1. The van der Waals surface area contributed by atoms with E-state index in [9.17, 15) is 8.78 Å². The van der Waals surface area contributed by atoms with Crippen LogP contribution < -0.4 is 10.5 Å². The number of alkyl halides is 2. The van der Waals surface area contributed by atoms with Gasteiger partial charge in [-0.15, -0.1) is 11.8 Å². The monoisotopic (exact) mass is 315 g/mol. The third kappa shape index (κ3) is 4.02. The van der Waals surface area contributed by atoms with E-state index in [1.54, 1.807) is 36.4 Å². The molecule has 0 aliphatic heterocycles. The van der Waals surface area contributed by atoms with Crippen LogP contribution >= 0.6 is 23.4 Å². The Hall–Kier alpha value is -1.46. The average molecular weight is 316 g/mol. The highest BCUT2D eigenvalue weighted by Gasteiger charge is 2.10. The highest BCUT2D eigenvalue weighted by molar-refractivity contribution is 7.98. The normalized spacial score (nSPS) is 10.8. The molecule has 0 atom stereocenters. The molecule has 0 bridgehead atoms. The fourth-order valence-corrected chi connectivity index (χ4v) is 2.88. The maximum Gasteiger partial charge on any atom is 0.387 e. The second kappa shape index (κ2) is 6.81. The third-order valence-corrected chi connectivity index (χ3v) is 4.07. The molecular formula is C14H12ClF2NOS. The second-order valence-electron chi connectivity index (χ2n) is 3.96. The topological polar surface area (TPSA) is 35.2 Å². The van der Waals surface area contributed by atoms with Crippen molar-refractivity contribution in [3.63, 3.8) is 0 Å². The number of para-hydroxylation sites is 1. The van der Waals surface area contributed by atoms with E-state index < -0.39 is 6.61 Å². The van der Waals surface area contributed by atoms with Crippen LogP contribution in [0.25, 0.3) is 0 Å². The number of benzene rings is 2. The van der Waals surface area contributed by atoms with E-state index >= 15 is 0 Å². The van der Waals surface area contributed by atoms with E-state index in [4.69, 9.17) is 17.3 Å². The first-order valence-electron chi connectivity index (χ1n) is 5.77. The minimum atomic E-state index is -2.84. The van der Waals surface area contributed by atoms with Gasteiger partial charge in [0.05, 0.1) is 5.02 Å². The fourth-order valence-electron chi connectivity index (χ4n) is 1.62. The van der Waals surface area contributed by atoms with Gasteiger partial charge in [0.25, 0.3) is 0 Å². The molecule has 0 saturated heterocycles. The van der Waals surface area contributed by atoms with Crippen molar-refractivity contribution in [3.8, 4) is 5.75 Å². The van der Waals surface area contributed by atoms with Crippen molar-refractivity contribution in [2.24, 2.45) is 0 Å². The molecular weight excluding hydrogens is 304 g/mol. The molecule has 0 unspecified atom stereocenters. The summed E-state index contributed by atoms with van der Waals surface area (Å²) in [6, 6.07) is 11.9. The Morgan fingerprint density at radius 2 is 1.95 bits per heavy atom. The molecule has 0 amide bonds. The van der Waals surface area contributed by atoms with Crippen LogP contribution in [0.4, 0.5) is 14.5 Å². The zero-order chi connectivity index (χ0) is 14.5. The van der Waals surface area contributed by atoms with Gasteiger partial charge in [-0.2, -0.15) is 8.78 Å². The maximum absolute atomic E-state index is 12.3. The van der Waals surface area contributed by atoms with Gasteiger partial charge in [-0.05, 0) is 24.3 Å². The molecule has 0 aromatic heterocycles. The van der Waals surface area contributed by atoms with Gasteiger partial charge < -0.3 is 10.5 Å². The highest BCUT2D eigenvalue weighted by Crippen LogP contribution is 2.33. The van der Waals surface area contributed by atoms with Gasteiger partial charge in [-0.3, -0.25) is 0 Å². The highest BCUT2D eigenvalue weighted by atomic mass is 35.5. The minimum Gasteiger partial charge on any atom is -0.435 e. The largest absolute Gasteiger partial charge is 0.435 e. The predicted molar refractivity (Wildman–Crippen MR) is 78.5 cm³/mol. The molecule has 0 aliphatic carbocycles. The van der Waals surface area contributed by atoms with Gasteiger partial charge in [0.1, 0.15) is 5.75 Å². The SMILES string of the molecule is Nc1ccc(Cl)c(SCc2ccccc2OC(F)F)c1. The molecule has 20 heavy (non-hydrogen) atoms. The lowest BCUT2D eigenvalue weighted by molar-refractivity contribution is -0.0503. The Morgan fingerprint density at radius 1 is 1.20 bits per heavy atom. The first-order valence-corrected chi connectivity index (χ1v) is 7.13. The Morgan fingerprint density at radius 3 is 2.70 bits per heavy atom. The van der Waals surface area contributed by atoms with E-state index in [0.717, 1.165) is 4.90 Å². The summed E-state index contributed by atoms with van der Waals surface area (Å²) >= 11 is 7.48. The number of anilines is 1. The summed E-state index contributed by atoms with van der Waals surface area (Å²) in [6.45, 7) is -2.84. The van der Waals surface area contributed by atoms with Gasteiger partial charge in [0.2, 0.25) is 0 Å². The Balaban J connectivity index is 2.12. The van der Waals surface area contributed by atoms with Crippen LogP contribution in [0.5, 0.6) is 5.75 Å². The lowest BCUT2D eigenvalue weighted by Gasteiger charge is -2.11. The number of rotatable bonds is 5. The van der Waals surface area contributed by atoms with Crippen molar-refractivity contribution in [3.05, 3.63) is 53.1 Å². The molecule has 2 aromatic carbocycles. The van der Waals surface area contributed by atoms with Crippen LogP contribution in [0.1, 0.15) is 5.56 Å². The minimum absolute atomic E-state index is 0.176. The number of nitrogens with two attached hydrogens (primary N) is 1. The number of thioether (sulfide) groups is 1. The van der Waals surface area contributed by atoms with E-state index in [-0.39, 0.29) is 5.75 Å². The number of hydrogen-bond acceptors (Lipinski definition) is 3. The maximum atomic E-state index is 12.3. The van der Waals surface area contributed by atoms with Crippen molar-refractivity contribution >= 4 is 29.1 Å². The summed E-state index contributed by atoms with van der Waals surface area (Å²) in [4.78, 5) is 0.804. The van der Waals surface area contributed by atoms with Gasteiger partial charge in [0, 0.05) is 21.9 Å². The molecule has 0 aliphatic rings. The molecule has 0 radical (unpaired) electrons. The fraction of sp³-hybridized carbons (Fsp3) is 0.143. The van der Waals surface area contributed by atoms with Gasteiger partial charge in [-0.25, -0.2) is 0 Å². The van der Waals surface area contributed by atoms with Crippen molar-refractivity contribution in [2.75, 3.05) is 5.73 Å². The molecule has 106 valence electrons. The lowest BCUT2D eigenvalue weighted by Crippen LogP contribution is -2.03. The summed E-state index contributed by atoms with van der Waals surface area (Å²) in [5, 5.41) is 0.580. The van der Waals surface area contributed by atoms with Crippen LogP contribution in [0.2, 0.25) is 5.02 Å². The summed E-state index contributed by atoms with van der Waals surface area (Å²) in [5.41, 5.74) is 6.98. The van der Waals surface area contributed by atoms with E-state index in [2.05, 4.69) is 4.74 Å². The standard InChI is InChI=1S/C14H12ClF2NOS/c15-11-6-5-10(18)7-13(11)20-8-9-3-1-2-4-12(9)19-14(16)17/h1-7,14H,8,18H2. The first kappa shape index (κ1) is 14.9. The van der Waals surface area contributed by atoms with Crippen LogP contribution in [-0.4, -0.2) is 6.61 Å². The van der Waals surface area contributed by atoms with Crippen LogP contribution in [0.3, 0.4) is 0 Å². The van der Waals surface area contributed by atoms with Crippen LogP contribution in [0.15, 0.2) is 47.4 Å². The number of ether oxygens (including phenoxy) is 1. The van der Waals surface area contributed by atoms with Crippen molar-refractivity contribution in [2.45, 2.75) is 17.3 Å². The van der Waals surface area contributed by atoms with Crippen LogP contribution in [-0.2, 0) is 5.75 Å². The van der Waals surface area contributed by atoms with Gasteiger partial charge >= 0.3 is 6.61 Å². The summed E-state index contributed by atoms with van der Waals surface area (Å²) in [7, 11) is 0. The quantitative estimate of drug-likeness (QED) is 0.635. The Kier molecular flexibility index (Phi) is 5.09. The zero-order valence-electron chi connectivity index (χ0n) is 10.4. The third-order valence-electron chi connectivity index (χ3n) is 2.53. The van der Waals surface area contributed by atoms with E-state index in [1.807, 2.05) is 0 Å². The molecule has 6 heteroatoms.